The molecule has 0 heterocycles. The molecule has 0 saturated heterocycles. The monoisotopic (exact) mass is 226 g/mol. The van der Waals surface area contributed by atoms with E-state index >= 15 is 0 Å². The van der Waals surface area contributed by atoms with Gasteiger partial charge in [-0.1, -0.05) is 0 Å². The van der Waals surface area contributed by atoms with Crippen molar-refractivity contribution in [3.05, 3.63) is 17.7 Å². The molecule has 0 bridgehead atoms. The van der Waals surface area contributed by atoms with Gasteiger partial charge in [0, 0.05) is 7.11 Å². The second-order valence-corrected chi connectivity index (χ2v) is 2.88. The van der Waals surface area contributed by atoms with Gasteiger partial charge in [-0.3, -0.25) is 4.79 Å². The van der Waals surface area contributed by atoms with Gasteiger partial charge in [0.25, 0.3) is 0 Å². The first-order valence-corrected chi connectivity index (χ1v) is 4.60. The van der Waals surface area contributed by atoms with Crippen molar-refractivity contribution < 1.29 is 23.7 Å². The summed E-state index contributed by atoms with van der Waals surface area (Å²) in [5, 5.41) is 0. The second-order valence-electron chi connectivity index (χ2n) is 2.88. The number of rotatable bonds is 6. The normalized spacial score (nSPS) is 9.69. The Bertz CT molecular complexity index is 362. The standard InChI is InChI=1S/C11H14O5/c1-13-7-16-10-5-4-9(14-2)8(6-12)11(10)15-3/h4-6H,7H2,1-3H3. The lowest BCUT2D eigenvalue weighted by Crippen LogP contribution is -2.03. The molecule has 88 valence electrons. The van der Waals surface area contributed by atoms with E-state index in [2.05, 4.69) is 0 Å². The van der Waals surface area contributed by atoms with Gasteiger partial charge in [-0.15, -0.1) is 0 Å². The zero-order valence-corrected chi connectivity index (χ0v) is 9.48. The van der Waals surface area contributed by atoms with Gasteiger partial charge < -0.3 is 18.9 Å². The van der Waals surface area contributed by atoms with Crippen LogP contribution >= 0.6 is 0 Å². The molecule has 0 saturated carbocycles. The van der Waals surface area contributed by atoms with Gasteiger partial charge in [0.1, 0.15) is 11.3 Å². The number of carbonyl (C=O) groups is 1. The highest BCUT2D eigenvalue weighted by molar-refractivity contribution is 5.85. The van der Waals surface area contributed by atoms with Crippen LogP contribution in [0.15, 0.2) is 12.1 Å². The second kappa shape index (κ2) is 5.97. The average Bonchev–Trinajstić information content (AvgIpc) is 2.34. The summed E-state index contributed by atoms with van der Waals surface area (Å²) in [5.41, 5.74) is 0.318. The lowest BCUT2D eigenvalue weighted by molar-refractivity contribution is 0.0490. The van der Waals surface area contributed by atoms with E-state index in [-0.39, 0.29) is 6.79 Å². The molecule has 5 nitrogen and oxygen atoms in total. The van der Waals surface area contributed by atoms with Crippen LogP contribution < -0.4 is 14.2 Å². The predicted octanol–water partition coefficient (Wildman–Crippen LogP) is 1.50. The topological polar surface area (TPSA) is 54.0 Å². The van der Waals surface area contributed by atoms with Crippen LogP contribution in [-0.4, -0.2) is 34.4 Å². The fourth-order valence-electron chi connectivity index (χ4n) is 1.30. The highest BCUT2D eigenvalue weighted by Crippen LogP contribution is 2.36. The van der Waals surface area contributed by atoms with E-state index < -0.39 is 0 Å². The summed E-state index contributed by atoms with van der Waals surface area (Å²) in [6, 6.07) is 3.29. The Balaban J connectivity index is 3.15. The van der Waals surface area contributed by atoms with Gasteiger partial charge in [-0.25, -0.2) is 0 Å². The maximum atomic E-state index is 10.9. The molecule has 0 atom stereocenters. The van der Waals surface area contributed by atoms with Gasteiger partial charge >= 0.3 is 0 Å². The zero-order valence-electron chi connectivity index (χ0n) is 9.48. The fourth-order valence-corrected chi connectivity index (χ4v) is 1.30. The molecule has 1 aromatic rings. The van der Waals surface area contributed by atoms with Crippen LogP contribution in [0.1, 0.15) is 10.4 Å². The lowest BCUT2D eigenvalue weighted by atomic mass is 10.2. The Labute approximate surface area is 93.9 Å². The number of ether oxygens (including phenoxy) is 4. The number of benzene rings is 1. The molecule has 0 aliphatic heterocycles. The van der Waals surface area contributed by atoms with E-state index in [1.807, 2.05) is 0 Å². The van der Waals surface area contributed by atoms with E-state index in [1.165, 1.54) is 21.3 Å². The summed E-state index contributed by atoms with van der Waals surface area (Å²) in [4.78, 5) is 10.9. The number of hydrogen-bond donors (Lipinski definition) is 0. The molecule has 16 heavy (non-hydrogen) atoms. The van der Waals surface area contributed by atoms with Crippen LogP contribution in [0, 0.1) is 0 Å². The Morgan fingerprint density at radius 2 is 1.81 bits per heavy atom. The quantitative estimate of drug-likeness (QED) is 0.543. The maximum Gasteiger partial charge on any atom is 0.188 e. The Morgan fingerprint density at radius 1 is 1.12 bits per heavy atom. The lowest BCUT2D eigenvalue weighted by Gasteiger charge is -2.13. The Hall–Kier alpha value is -1.75. The molecule has 0 aliphatic rings. The summed E-state index contributed by atoms with van der Waals surface area (Å²) < 4.78 is 20.2. The molecule has 1 aromatic carbocycles. The van der Waals surface area contributed by atoms with Gasteiger partial charge in [0.15, 0.2) is 24.6 Å². The minimum atomic E-state index is 0.0843. The van der Waals surface area contributed by atoms with Crippen molar-refractivity contribution >= 4 is 6.29 Å². The third kappa shape index (κ3) is 2.43. The summed E-state index contributed by atoms with van der Waals surface area (Å²) in [6.45, 7) is 0.0843. The van der Waals surface area contributed by atoms with E-state index in [0.29, 0.717) is 29.1 Å². The Kier molecular flexibility index (Phi) is 4.60. The van der Waals surface area contributed by atoms with Crippen LogP contribution in [0.25, 0.3) is 0 Å². The van der Waals surface area contributed by atoms with E-state index in [9.17, 15) is 4.79 Å². The zero-order chi connectivity index (χ0) is 12.0. The molecule has 0 radical (unpaired) electrons. The van der Waals surface area contributed by atoms with Gasteiger partial charge in [-0.05, 0) is 12.1 Å². The van der Waals surface area contributed by atoms with Crippen LogP contribution in [0.4, 0.5) is 0 Å². The third-order valence-electron chi connectivity index (χ3n) is 1.99. The smallest absolute Gasteiger partial charge is 0.188 e. The number of carbonyl (C=O) groups excluding carboxylic acids is 1. The number of aldehydes is 1. The van der Waals surface area contributed by atoms with Crippen LogP contribution in [0.5, 0.6) is 17.2 Å². The van der Waals surface area contributed by atoms with Crippen molar-refractivity contribution in [1.29, 1.82) is 0 Å². The highest BCUT2D eigenvalue weighted by atomic mass is 16.7. The summed E-state index contributed by atoms with van der Waals surface area (Å²) in [7, 11) is 4.45. The molecule has 0 aromatic heterocycles. The molecular weight excluding hydrogens is 212 g/mol. The number of hydrogen-bond acceptors (Lipinski definition) is 5. The summed E-state index contributed by atoms with van der Waals surface area (Å²) in [5.74, 6) is 1.22. The molecular formula is C11H14O5. The fraction of sp³-hybridized carbons (Fsp3) is 0.364. The molecule has 0 aliphatic carbocycles. The first-order chi connectivity index (χ1) is 7.78. The predicted molar refractivity (Wildman–Crippen MR) is 57.4 cm³/mol. The highest BCUT2D eigenvalue weighted by Gasteiger charge is 2.15. The SMILES string of the molecule is COCOc1ccc(OC)c(C=O)c1OC. The number of methoxy groups -OCH3 is 3. The van der Waals surface area contributed by atoms with Crippen molar-refractivity contribution in [3.63, 3.8) is 0 Å². The van der Waals surface area contributed by atoms with Crippen LogP contribution in [0.2, 0.25) is 0 Å². The van der Waals surface area contributed by atoms with Gasteiger partial charge in [-0.2, -0.15) is 0 Å². The minimum absolute atomic E-state index is 0.0843. The summed E-state index contributed by atoms with van der Waals surface area (Å²) >= 11 is 0. The molecule has 0 fully saturated rings. The molecule has 0 unspecified atom stereocenters. The van der Waals surface area contributed by atoms with Crippen molar-refractivity contribution in [3.8, 4) is 17.2 Å². The van der Waals surface area contributed by atoms with Crippen LogP contribution in [-0.2, 0) is 4.74 Å². The van der Waals surface area contributed by atoms with Crippen molar-refractivity contribution in [2.24, 2.45) is 0 Å². The first kappa shape index (κ1) is 12.3. The van der Waals surface area contributed by atoms with Crippen LogP contribution in [0.3, 0.4) is 0 Å². The first-order valence-electron chi connectivity index (χ1n) is 4.60. The molecule has 5 heteroatoms. The molecule has 1 rings (SSSR count). The van der Waals surface area contributed by atoms with Crippen molar-refractivity contribution in [1.82, 2.24) is 0 Å². The maximum absolute atomic E-state index is 10.9. The largest absolute Gasteiger partial charge is 0.496 e. The summed E-state index contributed by atoms with van der Waals surface area (Å²) in [6.07, 6.45) is 0.664. The van der Waals surface area contributed by atoms with Crippen molar-refractivity contribution in [2.75, 3.05) is 28.1 Å². The van der Waals surface area contributed by atoms with Gasteiger partial charge in [0.05, 0.1) is 14.2 Å². The molecule has 0 N–H and O–H groups in total. The molecule has 0 spiro atoms. The minimum Gasteiger partial charge on any atom is -0.496 e. The van der Waals surface area contributed by atoms with E-state index in [4.69, 9.17) is 18.9 Å². The van der Waals surface area contributed by atoms with Crippen molar-refractivity contribution in [2.45, 2.75) is 0 Å². The van der Waals surface area contributed by atoms with E-state index in [0.717, 1.165) is 0 Å². The third-order valence-corrected chi connectivity index (χ3v) is 1.99. The van der Waals surface area contributed by atoms with E-state index in [1.54, 1.807) is 12.1 Å². The molecule has 0 amide bonds. The average molecular weight is 226 g/mol. The Morgan fingerprint density at radius 3 is 2.31 bits per heavy atom. The van der Waals surface area contributed by atoms with Gasteiger partial charge in [0.2, 0.25) is 0 Å².